The lowest BCUT2D eigenvalue weighted by atomic mass is 10.1. The van der Waals surface area contributed by atoms with Gasteiger partial charge < -0.3 is 0 Å². The Kier molecular flexibility index (Phi) is 3.70. The first-order chi connectivity index (χ1) is 5.13. The largest absolute Gasteiger partial charge is 0.292 e. The maximum absolute atomic E-state index is 4.53. The first-order valence-electron chi connectivity index (χ1n) is 4.68. The molecule has 0 aromatic heterocycles. The summed E-state index contributed by atoms with van der Waals surface area (Å²) in [4.78, 5) is 4.53. The molecule has 1 nitrogen and oxygen atoms in total. The third kappa shape index (κ3) is 5.53. The third-order valence-corrected chi connectivity index (χ3v) is 4.93. The molecule has 0 aliphatic rings. The van der Waals surface area contributed by atoms with Crippen LogP contribution in [0.15, 0.2) is 4.99 Å². The highest BCUT2D eigenvalue weighted by Gasteiger charge is 2.20. The summed E-state index contributed by atoms with van der Waals surface area (Å²) in [6.45, 7) is 15.8. The van der Waals surface area contributed by atoms with Gasteiger partial charge in [0.1, 0.15) is 0 Å². The van der Waals surface area contributed by atoms with E-state index in [1.807, 2.05) is 0 Å². The maximum Gasteiger partial charge on any atom is 0.0529 e. The van der Waals surface area contributed by atoms with E-state index in [-0.39, 0.29) is 5.54 Å². The molecular formula is C10H23NSi. The third-order valence-electron chi connectivity index (χ3n) is 2.05. The van der Waals surface area contributed by atoms with Crippen LogP contribution in [0, 0.1) is 0 Å². The van der Waals surface area contributed by atoms with Gasteiger partial charge in [-0.15, -0.1) is 0 Å². The topological polar surface area (TPSA) is 12.4 Å². The number of hydrogen-bond acceptors (Lipinski definition) is 1. The van der Waals surface area contributed by atoms with Crippen molar-refractivity contribution in [2.24, 2.45) is 4.99 Å². The molecule has 0 aromatic carbocycles. The van der Waals surface area contributed by atoms with Crippen molar-refractivity contribution in [3.05, 3.63) is 0 Å². The molecule has 0 amide bonds. The molecule has 1 atom stereocenters. The van der Waals surface area contributed by atoms with Crippen LogP contribution in [0.1, 0.15) is 27.7 Å². The zero-order chi connectivity index (χ0) is 9.99. The average Bonchev–Trinajstić information content (AvgIpc) is 1.78. The van der Waals surface area contributed by atoms with Gasteiger partial charge in [-0.2, -0.15) is 0 Å². The van der Waals surface area contributed by atoms with Crippen LogP contribution in [0.25, 0.3) is 0 Å². The normalized spacial score (nSPS) is 16.9. The molecule has 0 aliphatic carbocycles. The van der Waals surface area contributed by atoms with Crippen LogP contribution in [0.3, 0.4) is 0 Å². The predicted octanol–water partition coefficient (Wildman–Crippen LogP) is 3.58. The van der Waals surface area contributed by atoms with Crippen molar-refractivity contribution in [1.29, 1.82) is 0 Å². The Bertz CT molecular complexity index is 160. The molecule has 0 aliphatic heterocycles. The fraction of sp³-hybridized carbons (Fsp3) is 0.900. The Morgan fingerprint density at radius 2 is 1.58 bits per heavy atom. The van der Waals surface area contributed by atoms with Crippen molar-refractivity contribution in [3.63, 3.8) is 0 Å². The van der Waals surface area contributed by atoms with E-state index >= 15 is 0 Å². The van der Waals surface area contributed by atoms with Gasteiger partial charge in [-0.1, -0.05) is 26.6 Å². The highest BCUT2D eigenvalue weighted by Crippen LogP contribution is 2.19. The summed E-state index contributed by atoms with van der Waals surface area (Å²) in [6, 6.07) is 0. The van der Waals surface area contributed by atoms with E-state index < -0.39 is 8.07 Å². The molecule has 0 saturated carbocycles. The Balaban J connectivity index is 4.19. The molecule has 12 heavy (non-hydrogen) atoms. The fourth-order valence-corrected chi connectivity index (χ4v) is 1.08. The van der Waals surface area contributed by atoms with Crippen LogP contribution >= 0.6 is 0 Å². The minimum Gasteiger partial charge on any atom is -0.292 e. The first-order valence-corrected chi connectivity index (χ1v) is 8.26. The lowest BCUT2D eigenvalue weighted by Crippen LogP contribution is -2.27. The molecule has 0 radical (unpaired) electrons. The molecule has 1 unspecified atom stereocenters. The maximum atomic E-state index is 4.53. The molecule has 0 aromatic rings. The number of nitrogens with zero attached hydrogens (tertiary/aromatic N) is 1. The molecule has 0 bridgehead atoms. The summed E-state index contributed by atoms with van der Waals surface area (Å²) in [5, 5.41) is 0. The monoisotopic (exact) mass is 185 g/mol. The standard InChI is InChI=1S/C10H23NSi/c1-9(12(5,6)7)8-11-10(2,3)4/h8-9H,1-7H3. The Labute approximate surface area is 78.3 Å². The molecule has 0 fully saturated rings. The quantitative estimate of drug-likeness (QED) is 0.460. The highest BCUT2D eigenvalue weighted by atomic mass is 28.3. The first kappa shape index (κ1) is 11.9. The van der Waals surface area contributed by atoms with Gasteiger partial charge in [-0.3, -0.25) is 4.99 Å². The SMILES string of the molecule is CC(C=NC(C)(C)C)[Si](C)(C)C. The average molecular weight is 185 g/mol. The zero-order valence-corrected chi connectivity index (χ0v) is 10.6. The van der Waals surface area contributed by atoms with E-state index in [0.29, 0.717) is 5.54 Å². The Hall–Kier alpha value is -0.113. The van der Waals surface area contributed by atoms with E-state index in [1.165, 1.54) is 0 Å². The lowest BCUT2D eigenvalue weighted by molar-refractivity contribution is 0.585. The summed E-state index contributed by atoms with van der Waals surface area (Å²) < 4.78 is 0. The summed E-state index contributed by atoms with van der Waals surface area (Å²) in [7, 11) is -1.01. The van der Waals surface area contributed by atoms with Crippen LogP contribution in [0.4, 0.5) is 0 Å². The van der Waals surface area contributed by atoms with Crippen LogP contribution in [0.2, 0.25) is 25.2 Å². The molecule has 0 spiro atoms. The van der Waals surface area contributed by atoms with E-state index in [9.17, 15) is 0 Å². The summed E-state index contributed by atoms with van der Waals surface area (Å²) >= 11 is 0. The summed E-state index contributed by atoms with van der Waals surface area (Å²) in [5.74, 6) is 0. The Morgan fingerprint density at radius 1 is 1.17 bits per heavy atom. The minimum absolute atomic E-state index is 0.0912. The summed E-state index contributed by atoms with van der Waals surface area (Å²) in [6.07, 6.45) is 2.15. The van der Waals surface area contributed by atoms with Gasteiger partial charge in [0, 0.05) is 0 Å². The van der Waals surface area contributed by atoms with Gasteiger partial charge in [-0.25, -0.2) is 0 Å². The molecule has 0 saturated heterocycles. The Morgan fingerprint density at radius 3 is 1.83 bits per heavy atom. The minimum atomic E-state index is -1.01. The molecule has 0 heterocycles. The van der Waals surface area contributed by atoms with Crippen LogP contribution < -0.4 is 0 Å². The van der Waals surface area contributed by atoms with Crippen LogP contribution in [-0.4, -0.2) is 19.8 Å². The van der Waals surface area contributed by atoms with Crippen molar-refractivity contribution in [3.8, 4) is 0 Å². The lowest BCUT2D eigenvalue weighted by Gasteiger charge is -2.22. The van der Waals surface area contributed by atoms with Crippen LogP contribution in [-0.2, 0) is 0 Å². The van der Waals surface area contributed by atoms with Gasteiger partial charge in [0.05, 0.1) is 13.6 Å². The van der Waals surface area contributed by atoms with E-state index in [0.717, 1.165) is 0 Å². The van der Waals surface area contributed by atoms with Gasteiger partial charge in [0.15, 0.2) is 0 Å². The van der Waals surface area contributed by atoms with E-state index in [4.69, 9.17) is 0 Å². The number of hydrogen-bond donors (Lipinski definition) is 0. The van der Waals surface area contributed by atoms with Gasteiger partial charge in [-0.05, 0) is 32.5 Å². The smallest absolute Gasteiger partial charge is 0.0529 e. The van der Waals surface area contributed by atoms with Crippen molar-refractivity contribution in [2.45, 2.75) is 58.4 Å². The van der Waals surface area contributed by atoms with Crippen molar-refractivity contribution in [1.82, 2.24) is 0 Å². The fourth-order valence-electron chi connectivity index (χ4n) is 0.559. The van der Waals surface area contributed by atoms with Crippen molar-refractivity contribution >= 4 is 14.3 Å². The molecule has 72 valence electrons. The van der Waals surface area contributed by atoms with E-state index in [1.54, 1.807) is 0 Å². The second kappa shape index (κ2) is 3.73. The van der Waals surface area contributed by atoms with Gasteiger partial charge >= 0.3 is 0 Å². The highest BCUT2D eigenvalue weighted by molar-refractivity contribution is 6.79. The molecular weight excluding hydrogens is 162 g/mol. The van der Waals surface area contributed by atoms with Crippen LogP contribution in [0.5, 0.6) is 0 Å². The molecule has 0 rings (SSSR count). The van der Waals surface area contributed by atoms with Gasteiger partial charge in [0.25, 0.3) is 0 Å². The predicted molar refractivity (Wildman–Crippen MR) is 61.0 cm³/mol. The van der Waals surface area contributed by atoms with Crippen molar-refractivity contribution in [2.75, 3.05) is 0 Å². The second-order valence-electron chi connectivity index (χ2n) is 5.60. The number of aliphatic imine (C=N–C) groups is 1. The number of rotatable bonds is 2. The molecule has 0 N–H and O–H groups in total. The second-order valence-corrected chi connectivity index (χ2v) is 11.2. The molecule has 2 heteroatoms. The summed E-state index contributed by atoms with van der Waals surface area (Å²) in [5.41, 5.74) is 0.769. The van der Waals surface area contributed by atoms with E-state index in [2.05, 4.69) is 58.5 Å². The zero-order valence-electron chi connectivity index (χ0n) is 9.60. The van der Waals surface area contributed by atoms with Gasteiger partial charge in [0.2, 0.25) is 0 Å². The van der Waals surface area contributed by atoms with Crippen molar-refractivity contribution < 1.29 is 0 Å².